The van der Waals surface area contributed by atoms with Crippen molar-refractivity contribution in [1.82, 2.24) is 5.32 Å². The first kappa shape index (κ1) is 19.2. The molecule has 1 N–H and O–H groups in total. The number of ether oxygens (including phenoxy) is 1. The van der Waals surface area contributed by atoms with Crippen LogP contribution in [0.2, 0.25) is 0 Å². The van der Waals surface area contributed by atoms with E-state index in [1.54, 1.807) is 12.1 Å². The monoisotopic (exact) mass is 388 g/mol. The predicted molar refractivity (Wildman–Crippen MR) is 105 cm³/mol. The molecule has 3 rings (SSSR count). The van der Waals surface area contributed by atoms with Gasteiger partial charge in [-0.1, -0.05) is 30.3 Å². The van der Waals surface area contributed by atoms with E-state index in [-0.39, 0.29) is 18.9 Å². The van der Waals surface area contributed by atoms with Crippen molar-refractivity contribution in [2.45, 2.75) is 32.9 Å². The Labute approximate surface area is 160 Å². The Bertz CT molecular complexity index is 956. The third-order valence-corrected chi connectivity index (χ3v) is 5.83. The molecule has 1 amide bonds. The van der Waals surface area contributed by atoms with E-state index in [9.17, 15) is 13.2 Å². The van der Waals surface area contributed by atoms with E-state index in [1.165, 1.54) is 4.31 Å². The summed E-state index contributed by atoms with van der Waals surface area (Å²) in [6, 6.07) is 13.2. The number of nitrogens with zero attached hydrogens (tertiary/aromatic N) is 1. The zero-order valence-electron chi connectivity index (χ0n) is 15.7. The van der Waals surface area contributed by atoms with Gasteiger partial charge in [0.05, 0.1) is 11.9 Å². The van der Waals surface area contributed by atoms with Crippen LogP contribution in [0.25, 0.3) is 0 Å². The van der Waals surface area contributed by atoms with E-state index < -0.39 is 16.1 Å². The number of benzene rings is 2. The molecule has 27 heavy (non-hydrogen) atoms. The predicted octanol–water partition coefficient (Wildman–Crippen LogP) is 2.54. The fourth-order valence-electron chi connectivity index (χ4n) is 3.12. The Kier molecular flexibility index (Phi) is 5.41. The Morgan fingerprint density at radius 2 is 1.96 bits per heavy atom. The van der Waals surface area contributed by atoms with Gasteiger partial charge < -0.3 is 10.1 Å². The Balaban J connectivity index is 1.79. The number of aryl methyl sites for hydroxylation is 2. The second-order valence-corrected chi connectivity index (χ2v) is 8.75. The van der Waals surface area contributed by atoms with Crippen LogP contribution in [0.3, 0.4) is 0 Å². The van der Waals surface area contributed by atoms with Crippen LogP contribution < -0.4 is 14.4 Å². The largest absolute Gasteiger partial charge is 0.478 e. The first-order valence-corrected chi connectivity index (χ1v) is 10.7. The summed E-state index contributed by atoms with van der Waals surface area (Å²) in [5.41, 5.74) is 3.54. The number of carbonyl (C=O) groups is 1. The molecule has 144 valence electrons. The lowest BCUT2D eigenvalue weighted by molar-refractivity contribution is -0.128. The molecule has 0 bridgehead atoms. The minimum atomic E-state index is -3.47. The van der Waals surface area contributed by atoms with Gasteiger partial charge in [-0.2, -0.15) is 0 Å². The zero-order valence-corrected chi connectivity index (χ0v) is 16.5. The quantitative estimate of drug-likeness (QED) is 0.873. The molecule has 0 aromatic heterocycles. The van der Waals surface area contributed by atoms with Crippen LogP contribution in [0.15, 0.2) is 42.5 Å². The molecule has 0 saturated carbocycles. The highest BCUT2D eigenvalue weighted by atomic mass is 32.2. The van der Waals surface area contributed by atoms with Crippen LogP contribution in [0.5, 0.6) is 5.75 Å². The molecule has 6 nitrogen and oxygen atoms in total. The molecule has 0 fully saturated rings. The topological polar surface area (TPSA) is 75.7 Å². The number of anilines is 1. The van der Waals surface area contributed by atoms with Crippen LogP contribution in [-0.2, 0) is 21.4 Å². The summed E-state index contributed by atoms with van der Waals surface area (Å²) in [6.07, 6.45) is 0.695. The highest BCUT2D eigenvalue weighted by Crippen LogP contribution is 2.35. The first-order valence-electron chi connectivity index (χ1n) is 8.83. The van der Waals surface area contributed by atoms with Gasteiger partial charge in [0.15, 0.2) is 6.10 Å². The third kappa shape index (κ3) is 4.42. The summed E-state index contributed by atoms with van der Waals surface area (Å²) in [5, 5.41) is 2.90. The normalized spacial score (nSPS) is 16.9. The summed E-state index contributed by atoms with van der Waals surface area (Å²) in [6.45, 7) is 4.48. The van der Waals surface area contributed by atoms with E-state index in [0.717, 1.165) is 22.9 Å². The molecule has 1 aliphatic heterocycles. The molecule has 1 atom stereocenters. The van der Waals surface area contributed by atoms with Gasteiger partial charge in [0.1, 0.15) is 5.75 Å². The maximum atomic E-state index is 12.7. The smallest absolute Gasteiger partial charge is 0.261 e. The Hall–Kier alpha value is -2.54. The van der Waals surface area contributed by atoms with Gasteiger partial charge in [-0.3, -0.25) is 9.10 Å². The minimum Gasteiger partial charge on any atom is -0.478 e. The lowest BCUT2D eigenvalue weighted by Crippen LogP contribution is -2.39. The standard InChI is InChI=1S/C20H24N2O4S/c1-14-8-9-18-17(12-14)22(27(3,24)25)11-10-19(26-18)20(23)21-13-16-7-5-4-6-15(16)2/h4-9,12,19H,10-11,13H2,1-3H3,(H,21,23). The number of fused-ring (bicyclic) bond motifs is 1. The molecule has 0 radical (unpaired) electrons. The summed E-state index contributed by atoms with van der Waals surface area (Å²) in [5.74, 6) is 0.152. The first-order chi connectivity index (χ1) is 12.8. The average Bonchev–Trinajstić information content (AvgIpc) is 2.80. The van der Waals surface area contributed by atoms with Gasteiger partial charge in [-0.15, -0.1) is 0 Å². The van der Waals surface area contributed by atoms with Gasteiger partial charge in [-0.25, -0.2) is 8.42 Å². The lowest BCUT2D eigenvalue weighted by atomic mass is 10.1. The van der Waals surface area contributed by atoms with Crippen molar-refractivity contribution >= 4 is 21.6 Å². The number of amides is 1. The van der Waals surface area contributed by atoms with Crippen LogP contribution in [0.4, 0.5) is 5.69 Å². The summed E-state index contributed by atoms with van der Waals surface area (Å²) < 4.78 is 31.6. The van der Waals surface area contributed by atoms with Gasteiger partial charge >= 0.3 is 0 Å². The fourth-order valence-corrected chi connectivity index (χ4v) is 4.06. The number of sulfonamides is 1. The second-order valence-electron chi connectivity index (χ2n) is 6.85. The van der Waals surface area contributed by atoms with Crippen LogP contribution >= 0.6 is 0 Å². The van der Waals surface area contributed by atoms with Crippen molar-refractivity contribution in [2.24, 2.45) is 0 Å². The maximum absolute atomic E-state index is 12.7. The SMILES string of the molecule is Cc1ccc2c(c1)N(S(C)(=O)=O)CCC(C(=O)NCc1ccccc1C)O2. The van der Waals surface area contributed by atoms with Crippen molar-refractivity contribution < 1.29 is 17.9 Å². The van der Waals surface area contributed by atoms with Gasteiger partial charge in [-0.05, 0) is 42.7 Å². The fraction of sp³-hybridized carbons (Fsp3) is 0.350. The number of hydrogen-bond donors (Lipinski definition) is 1. The van der Waals surface area contributed by atoms with E-state index in [2.05, 4.69) is 5.32 Å². The number of nitrogens with one attached hydrogen (secondary N) is 1. The van der Waals surface area contributed by atoms with Crippen LogP contribution in [-0.4, -0.2) is 33.2 Å². The van der Waals surface area contributed by atoms with Crippen molar-refractivity contribution in [3.8, 4) is 5.75 Å². The third-order valence-electron chi connectivity index (χ3n) is 4.65. The summed E-state index contributed by atoms with van der Waals surface area (Å²) in [7, 11) is -3.47. The van der Waals surface area contributed by atoms with Crippen molar-refractivity contribution in [2.75, 3.05) is 17.1 Å². The molecular weight excluding hydrogens is 364 g/mol. The second kappa shape index (κ2) is 7.60. The van der Waals surface area contributed by atoms with Crippen LogP contribution in [0.1, 0.15) is 23.1 Å². The van der Waals surface area contributed by atoms with E-state index >= 15 is 0 Å². The number of carbonyl (C=O) groups excluding carboxylic acids is 1. The Morgan fingerprint density at radius 1 is 1.22 bits per heavy atom. The van der Waals surface area contributed by atoms with E-state index in [4.69, 9.17) is 4.74 Å². The average molecular weight is 388 g/mol. The van der Waals surface area contributed by atoms with Crippen LogP contribution in [0, 0.1) is 13.8 Å². The molecule has 2 aromatic carbocycles. The number of rotatable bonds is 4. The van der Waals surface area contributed by atoms with E-state index in [0.29, 0.717) is 18.0 Å². The van der Waals surface area contributed by atoms with Gasteiger partial charge in [0.25, 0.3) is 5.91 Å². The molecule has 0 spiro atoms. The van der Waals surface area contributed by atoms with Crippen molar-refractivity contribution in [3.63, 3.8) is 0 Å². The number of hydrogen-bond acceptors (Lipinski definition) is 4. The molecule has 2 aromatic rings. The van der Waals surface area contributed by atoms with Gasteiger partial charge in [0.2, 0.25) is 10.0 Å². The summed E-state index contributed by atoms with van der Waals surface area (Å²) in [4.78, 5) is 12.7. The summed E-state index contributed by atoms with van der Waals surface area (Å²) >= 11 is 0. The van der Waals surface area contributed by atoms with Gasteiger partial charge in [0, 0.05) is 19.5 Å². The molecule has 1 unspecified atom stereocenters. The zero-order chi connectivity index (χ0) is 19.6. The minimum absolute atomic E-state index is 0.192. The maximum Gasteiger partial charge on any atom is 0.261 e. The molecule has 0 saturated heterocycles. The highest BCUT2D eigenvalue weighted by Gasteiger charge is 2.31. The molecule has 0 aliphatic carbocycles. The molecule has 1 aliphatic rings. The van der Waals surface area contributed by atoms with E-state index in [1.807, 2.05) is 44.2 Å². The lowest BCUT2D eigenvalue weighted by Gasteiger charge is -2.21. The Morgan fingerprint density at radius 3 is 2.67 bits per heavy atom. The van der Waals surface area contributed by atoms with Crippen molar-refractivity contribution in [3.05, 3.63) is 59.2 Å². The molecular formula is C20H24N2O4S. The van der Waals surface area contributed by atoms with Crippen molar-refractivity contribution in [1.29, 1.82) is 0 Å². The highest BCUT2D eigenvalue weighted by molar-refractivity contribution is 7.92. The molecule has 7 heteroatoms. The molecule has 1 heterocycles.